The summed E-state index contributed by atoms with van der Waals surface area (Å²) < 4.78 is 47.5. The van der Waals surface area contributed by atoms with E-state index in [0.29, 0.717) is 18.8 Å². The van der Waals surface area contributed by atoms with Crippen molar-refractivity contribution in [1.82, 2.24) is 4.90 Å². The smallest absolute Gasteiger partial charge is 0.238 e. The van der Waals surface area contributed by atoms with E-state index >= 15 is 0 Å². The van der Waals surface area contributed by atoms with Crippen molar-refractivity contribution in [2.75, 3.05) is 43.9 Å². The molecule has 1 aromatic rings. The van der Waals surface area contributed by atoms with Crippen molar-refractivity contribution in [3.05, 3.63) is 18.2 Å². The Bertz CT molecular complexity index is 850. The maximum Gasteiger partial charge on any atom is 0.238 e. The van der Waals surface area contributed by atoms with Crippen molar-refractivity contribution in [3.63, 3.8) is 0 Å². The fourth-order valence-electron chi connectivity index (χ4n) is 2.94. The number of anilines is 1. The maximum absolute atomic E-state index is 12.2. The zero-order valence-electron chi connectivity index (χ0n) is 15.9. The number of sulfonamides is 1. The van der Waals surface area contributed by atoms with E-state index in [1.54, 1.807) is 6.07 Å². The predicted octanol–water partition coefficient (Wildman–Crippen LogP) is 1.30. The van der Waals surface area contributed by atoms with Crippen LogP contribution in [-0.4, -0.2) is 60.7 Å². The van der Waals surface area contributed by atoms with Crippen LogP contribution >= 0.6 is 0 Å². The van der Waals surface area contributed by atoms with Crippen LogP contribution in [0.2, 0.25) is 0 Å². The average molecular weight is 404 g/mol. The van der Waals surface area contributed by atoms with E-state index in [1.165, 1.54) is 6.07 Å². The molecule has 0 saturated carbocycles. The van der Waals surface area contributed by atoms with Gasteiger partial charge in [-0.1, -0.05) is 20.8 Å². The van der Waals surface area contributed by atoms with Crippen molar-refractivity contribution in [3.8, 4) is 0 Å². The molecule has 0 radical (unpaired) electrons. The second kappa shape index (κ2) is 7.46. The molecule has 0 spiro atoms. The number of primary sulfonamides is 1. The Morgan fingerprint density at radius 3 is 2.08 bits per heavy atom. The lowest BCUT2D eigenvalue weighted by Crippen LogP contribution is -2.47. The van der Waals surface area contributed by atoms with Gasteiger partial charge in [-0.15, -0.1) is 0 Å². The van der Waals surface area contributed by atoms with Gasteiger partial charge in [0, 0.05) is 32.4 Å². The number of benzene rings is 1. The molecule has 7 nitrogen and oxygen atoms in total. The first kappa shape index (κ1) is 21.1. The van der Waals surface area contributed by atoms with Crippen molar-refractivity contribution in [2.45, 2.75) is 37.0 Å². The molecule has 26 heavy (non-hydrogen) atoms. The van der Waals surface area contributed by atoms with E-state index in [4.69, 9.17) is 5.14 Å². The summed E-state index contributed by atoms with van der Waals surface area (Å²) in [7, 11) is -7.54. The number of hydrogen-bond donors (Lipinski definition) is 1. The first-order valence-electron chi connectivity index (χ1n) is 8.62. The van der Waals surface area contributed by atoms with Gasteiger partial charge in [-0.3, -0.25) is 4.90 Å². The summed E-state index contributed by atoms with van der Waals surface area (Å²) in [5.74, 6) is 0. The highest BCUT2D eigenvalue weighted by molar-refractivity contribution is 7.91. The third-order valence-corrected chi connectivity index (χ3v) is 6.59. The van der Waals surface area contributed by atoms with Crippen molar-refractivity contribution in [2.24, 2.45) is 10.6 Å². The highest BCUT2D eigenvalue weighted by Crippen LogP contribution is 2.29. The van der Waals surface area contributed by atoms with Gasteiger partial charge in [0.05, 0.1) is 15.5 Å². The molecular weight excluding hydrogens is 374 g/mol. The molecule has 1 aliphatic heterocycles. The van der Waals surface area contributed by atoms with Crippen LogP contribution in [0.1, 0.15) is 27.2 Å². The Morgan fingerprint density at radius 2 is 1.62 bits per heavy atom. The van der Waals surface area contributed by atoms with Gasteiger partial charge >= 0.3 is 0 Å². The minimum absolute atomic E-state index is 0.00664. The van der Waals surface area contributed by atoms with E-state index in [9.17, 15) is 16.8 Å². The van der Waals surface area contributed by atoms with Crippen LogP contribution < -0.4 is 10.0 Å². The first-order valence-corrected chi connectivity index (χ1v) is 12.1. The van der Waals surface area contributed by atoms with Gasteiger partial charge in [-0.25, -0.2) is 22.0 Å². The molecule has 1 saturated heterocycles. The molecular formula is C17H29N3O4S2. The molecule has 0 aromatic heterocycles. The lowest BCUT2D eigenvalue weighted by atomic mass is 9.92. The number of sulfone groups is 1. The normalized spacial score (nSPS) is 17.5. The quantitative estimate of drug-likeness (QED) is 0.795. The Hall–Kier alpha value is -1.16. The summed E-state index contributed by atoms with van der Waals surface area (Å²) >= 11 is 0. The minimum Gasteiger partial charge on any atom is -0.368 e. The van der Waals surface area contributed by atoms with Gasteiger partial charge in [-0.05, 0) is 36.6 Å². The standard InChI is InChI=1S/C17H29N3O4S2/c1-17(2,3)7-8-19-9-11-20(12-10-19)15-6-5-14(26(18,23)24)13-16(15)25(4,21)22/h5-6,13H,7-12H2,1-4H3,(H2,18,23,24). The molecule has 1 aromatic carbocycles. The van der Waals surface area contributed by atoms with Crippen LogP contribution in [0, 0.1) is 5.41 Å². The summed E-state index contributed by atoms with van der Waals surface area (Å²) in [4.78, 5) is 4.19. The Kier molecular flexibility index (Phi) is 6.06. The van der Waals surface area contributed by atoms with Gasteiger partial charge in [0.2, 0.25) is 10.0 Å². The first-order chi connectivity index (χ1) is 11.8. The highest BCUT2D eigenvalue weighted by Gasteiger charge is 2.25. The lowest BCUT2D eigenvalue weighted by Gasteiger charge is -2.37. The van der Waals surface area contributed by atoms with Crippen LogP contribution in [0.3, 0.4) is 0 Å². The summed E-state index contributed by atoms with van der Waals surface area (Å²) in [6.45, 7) is 10.7. The number of nitrogens with two attached hydrogens (primary N) is 1. The van der Waals surface area contributed by atoms with Gasteiger partial charge < -0.3 is 4.90 Å². The molecule has 148 valence electrons. The SMILES string of the molecule is CC(C)(C)CCN1CCN(c2ccc(S(N)(=O)=O)cc2S(C)(=O)=O)CC1. The van der Waals surface area contributed by atoms with E-state index in [0.717, 1.165) is 38.4 Å². The predicted molar refractivity (Wildman–Crippen MR) is 104 cm³/mol. The molecule has 0 unspecified atom stereocenters. The van der Waals surface area contributed by atoms with Crippen molar-refractivity contribution >= 4 is 25.5 Å². The molecule has 1 heterocycles. The molecule has 1 aliphatic rings. The number of nitrogens with zero attached hydrogens (tertiary/aromatic N) is 2. The fourth-order valence-corrected chi connectivity index (χ4v) is 4.47. The molecule has 9 heteroatoms. The summed E-state index contributed by atoms with van der Waals surface area (Å²) in [6, 6.07) is 4.07. The van der Waals surface area contributed by atoms with Gasteiger partial charge in [0.15, 0.2) is 9.84 Å². The maximum atomic E-state index is 12.2. The molecule has 0 atom stereocenters. The number of hydrogen-bond acceptors (Lipinski definition) is 6. The lowest BCUT2D eigenvalue weighted by molar-refractivity contribution is 0.217. The van der Waals surface area contributed by atoms with Crippen LogP contribution in [0.5, 0.6) is 0 Å². The second-order valence-corrected chi connectivity index (χ2v) is 11.6. The van der Waals surface area contributed by atoms with Crippen LogP contribution in [0.4, 0.5) is 5.69 Å². The molecule has 0 aliphatic carbocycles. The second-order valence-electron chi connectivity index (χ2n) is 8.09. The van der Waals surface area contributed by atoms with Crippen LogP contribution in [0.25, 0.3) is 0 Å². The third-order valence-electron chi connectivity index (χ3n) is 4.55. The van der Waals surface area contributed by atoms with Gasteiger partial charge in [0.25, 0.3) is 0 Å². The van der Waals surface area contributed by atoms with Crippen molar-refractivity contribution in [1.29, 1.82) is 0 Å². The van der Waals surface area contributed by atoms with Crippen LogP contribution in [0.15, 0.2) is 28.0 Å². The fraction of sp³-hybridized carbons (Fsp3) is 0.647. The summed E-state index contributed by atoms with van der Waals surface area (Å²) in [5, 5.41) is 5.14. The number of rotatable bonds is 5. The summed E-state index contributed by atoms with van der Waals surface area (Å²) in [6.07, 6.45) is 2.18. The van der Waals surface area contributed by atoms with Crippen LogP contribution in [-0.2, 0) is 19.9 Å². The Balaban J connectivity index is 2.20. The molecule has 0 bridgehead atoms. The largest absolute Gasteiger partial charge is 0.368 e. The third kappa shape index (κ3) is 5.67. The zero-order valence-corrected chi connectivity index (χ0v) is 17.5. The molecule has 2 rings (SSSR count). The zero-order chi connectivity index (χ0) is 19.8. The Labute approximate surface area is 157 Å². The summed E-state index contributed by atoms with van der Waals surface area (Å²) in [5.41, 5.74) is 0.819. The van der Waals surface area contributed by atoms with Gasteiger partial charge in [-0.2, -0.15) is 0 Å². The van der Waals surface area contributed by atoms with E-state index in [1.807, 2.05) is 4.90 Å². The average Bonchev–Trinajstić information content (AvgIpc) is 2.50. The molecule has 0 amide bonds. The van der Waals surface area contributed by atoms with Gasteiger partial charge in [0.1, 0.15) is 0 Å². The molecule has 1 fully saturated rings. The monoisotopic (exact) mass is 403 g/mol. The topological polar surface area (TPSA) is 101 Å². The Morgan fingerprint density at radius 1 is 1.04 bits per heavy atom. The molecule has 2 N–H and O–H groups in total. The van der Waals surface area contributed by atoms with E-state index in [-0.39, 0.29) is 15.2 Å². The van der Waals surface area contributed by atoms with Crippen molar-refractivity contribution < 1.29 is 16.8 Å². The minimum atomic E-state index is -3.95. The number of piperazine rings is 1. The highest BCUT2D eigenvalue weighted by atomic mass is 32.2. The van der Waals surface area contributed by atoms with E-state index in [2.05, 4.69) is 25.7 Å². The van der Waals surface area contributed by atoms with E-state index < -0.39 is 19.9 Å².